The molecule has 0 bridgehead atoms. The first-order valence-corrected chi connectivity index (χ1v) is 13.7. The summed E-state index contributed by atoms with van der Waals surface area (Å²) >= 11 is 0. The molecule has 0 aromatic carbocycles. The summed E-state index contributed by atoms with van der Waals surface area (Å²) in [5.74, 6) is -0.369. The second-order valence-electron chi connectivity index (χ2n) is 6.90. The standard InChI is InChI=1S/C12H18N5O16P3/c18-1-5(19)14-12-15-9-6(10(22)16-12)13-3-17(9)11-8(21)7(20)4(31-11)2-30-35(26,27)33-36(28,29)32-34(23,24)25/h1,3-5,7-8,11,19-21H,2H2,(H,26,27)(H,28,29)(H2,23,24,25)(H2,14,15,16,22)/t4-,5?,7-,8-,11-/m1/s1. The topological polar surface area (TPSA) is 322 Å². The van der Waals surface area contributed by atoms with Crippen LogP contribution in [0.25, 0.3) is 11.2 Å². The molecule has 1 aliphatic heterocycles. The molecule has 1 aliphatic rings. The molecule has 2 aromatic heterocycles. The van der Waals surface area contributed by atoms with Gasteiger partial charge in [-0.3, -0.25) is 23.7 Å². The number of aliphatic hydroxyl groups excluding tert-OH is 3. The van der Waals surface area contributed by atoms with Crippen LogP contribution in [-0.4, -0.2) is 91.8 Å². The van der Waals surface area contributed by atoms with E-state index in [9.17, 15) is 43.5 Å². The van der Waals surface area contributed by atoms with Crippen LogP contribution < -0.4 is 10.9 Å². The number of rotatable bonds is 11. The number of phosphoric ester groups is 1. The van der Waals surface area contributed by atoms with Crippen molar-refractivity contribution < 1.29 is 71.3 Å². The number of aromatic amines is 1. The molecule has 202 valence electrons. The minimum Gasteiger partial charge on any atom is -0.387 e. The summed E-state index contributed by atoms with van der Waals surface area (Å²) in [6.07, 6.45) is -7.38. The molecule has 1 saturated heterocycles. The lowest BCUT2D eigenvalue weighted by Gasteiger charge is -2.19. The second kappa shape index (κ2) is 10.4. The molecule has 24 heteroatoms. The summed E-state index contributed by atoms with van der Waals surface area (Å²) in [7, 11) is -16.9. The van der Waals surface area contributed by atoms with Crippen LogP contribution in [0.1, 0.15) is 6.23 Å². The Morgan fingerprint density at radius 3 is 2.44 bits per heavy atom. The van der Waals surface area contributed by atoms with E-state index in [1.54, 1.807) is 0 Å². The van der Waals surface area contributed by atoms with E-state index in [1.807, 2.05) is 0 Å². The minimum absolute atomic E-state index is 0.101. The lowest BCUT2D eigenvalue weighted by Crippen LogP contribution is -2.33. The average Bonchev–Trinajstić information content (AvgIpc) is 3.25. The Bertz CT molecular complexity index is 1320. The molecular formula is C12H18N5O16P3. The zero-order valence-electron chi connectivity index (χ0n) is 17.2. The Morgan fingerprint density at radius 1 is 1.17 bits per heavy atom. The SMILES string of the molecule is O=CC(O)Nc1nc2c(ncn2[C@@H]2O[C@H](COP(=O)(O)OP(=O)(O)OP(=O)(O)O)[C@@H](O)[C@H]2O)c(=O)[nH]1. The zero-order chi connectivity index (χ0) is 27.1. The van der Waals surface area contributed by atoms with E-state index in [4.69, 9.17) is 19.4 Å². The van der Waals surface area contributed by atoms with Gasteiger partial charge >= 0.3 is 23.5 Å². The maximum absolute atomic E-state index is 12.2. The van der Waals surface area contributed by atoms with Gasteiger partial charge in [0.15, 0.2) is 29.9 Å². The fourth-order valence-electron chi connectivity index (χ4n) is 2.92. The molecule has 0 radical (unpaired) electrons. The van der Waals surface area contributed by atoms with Crippen molar-refractivity contribution in [1.82, 2.24) is 19.5 Å². The Labute approximate surface area is 197 Å². The van der Waals surface area contributed by atoms with Gasteiger partial charge in [-0.2, -0.15) is 13.6 Å². The van der Waals surface area contributed by atoms with E-state index < -0.39 is 66.4 Å². The minimum atomic E-state index is -5.78. The van der Waals surface area contributed by atoms with Gasteiger partial charge in [0.25, 0.3) is 5.56 Å². The molecule has 0 aliphatic carbocycles. The highest BCUT2D eigenvalue weighted by atomic mass is 31.3. The van der Waals surface area contributed by atoms with Gasteiger partial charge in [0.2, 0.25) is 5.95 Å². The van der Waals surface area contributed by atoms with Crippen LogP contribution in [0.15, 0.2) is 11.1 Å². The molecule has 0 saturated carbocycles. The molecule has 3 rings (SSSR count). The van der Waals surface area contributed by atoms with E-state index in [0.717, 1.165) is 10.9 Å². The molecular weight excluding hydrogens is 563 g/mol. The summed E-state index contributed by atoms with van der Waals surface area (Å²) in [4.78, 5) is 68.5. The number of aliphatic hydroxyl groups is 3. The number of hydrogen-bond donors (Lipinski definition) is 9. The predicted molar refractivity (Wildman–Crippen MR) is 110 cm³/mol. The van der Waals surface area contributed by atoms with Gasteiger partial charge in [0.1, 0.15) is 18.3 Å². The Morgan fingerprint density at radius 2 is 1.83 bits per heavy atom. The third-order valence-electron chi connectivity index (χ3n) is 4.28. The first-order valence-electron chi connectivity index (χ1n) is 9.18. The highest BCUT2D eigenvalue weighted by Gasteiger charge is 2.47. The fraction of sp³-hybridized carbons (Fsp3) is 0.500. The number of hydrogen-bond acceptors (Lipinski definition) is 15. The zero-order valence-corrected chi connectivity index (χ0v) is 19.9. The Kier molecular flexibility index (Phi) is 8.31. The number of nitrogens with one attached hydrogen (secondary N) is 2. The number of fused-ring (bicyclic) bond motifs is 1. The lowest BCUT2D eigenvalue weighted by molar-refractivity contribution is -0.113. The largest absolute Gasteiger partial charge is 0.490 e. The van der Waals surface area contributed by atoms with E-state index in [1.165, 1.54) is 0 Å². The smallest absolute Gasteiger partial charge is 0.387 e. The second-order valence-corrected chi connectivity index (χ2v) is 11.3. The number of carbonyl (C=O) groups excluding carboxylic acids is 1. The van der Waals surface area contributed by atoms with Crippen LogP contribution in [-0.2, 0) is 36.4 Å². The fourth-order valence-corrected chi connectivity index (χ4v) is 5.95. The number of aromatic nitrogens is 4. The average molecular weight is 581 g/mol. The van der Waals surface area contributed by atoms with Crippen molar-refractivity contribution in [2.75, 3.05) is 11.9 Å². The van der Waals surface area contributed by atoms with Crippen LogP contribution in [0.5, 0.6) is 0 Å². The number of nitrogens with zero attached hydrogens (tertiary/aromatic N) is 3. The molecule has 7 atom stereocenters. The lowest BCUT2D eigenvalue weighted by atomic mass is 10.1. The quantitative estimate of drug-likeness (QED) is 0.0725. The van der Waals surface area contributed by atoms with Crippen LogP contribution in [0.3, 0.4) is 0 Å². The van der Waals surface area contributed by atoms with Crippen molar-refractivity contribution in [3.05, 3.63) is 16.7 Å². The van der Waals surface area contributed by atoms with Gasteiger partial charge in [-0.15, -0.1) is 0 Å². The molecule has 3 heterocycles. The summed E-state index contributed by atoms with van der Waals surface area (Å²) in [5.41, 5.74) is -1.34. The number of anilines is 1. The molecule has 3 unspecified atom stereocenters. The van der Waals surface area contributed by atoms with Crippen molar-refractivity contribution in [3.63, 3.8) is 0 Å². The van der Waals surface area contributed by atoms with Gasteiger partial charge in [-0.1, -0.05) is 0 Å². The van der Waals surface area contributed by atoms with Crippen molar-refractivity contribution >= 4 is 46.9 Å². The summed E-state index contributed by atoms with van der Waals surface area (Å²) in [6.45, 7) is -1.07. The van der Waals surface area contributed by atoms with E-state index >= 15 is 0 Å². The van der Waals surface area contributed by atoms with E-state index in [0.29, 0.717) is 0 Å². The normalized spacial score (nSPS) is 26.9. The van der Waals surface area contributed by atoms with Crippen LogP contribution in [0.2, 0.25) is 0 Å². The highest BCUT2D eigenvalue weighted by molar-refractivity contribution is 7.66. The predicted octanol–water partition coefficient (Wildman–Crippen LogP) is -2.99. The van der Waals surface area contributed by atoms with Gasteiger partial charge in [0.05, 0.1) is 12.9 Å². The van der Waals surface area contributed by atoms with Crippen molar-refractivity contribution in [1.29, 1.82) is 0 Å². The number of aldehydes is 1. The van der Waals surface area contributed by atoms with Crippen molar-refractivity contribution in [3.8, 4) is 0 Å². The van der Waals surface area contributed by atoms with E-state index in [2.05, 4.69) is 33.4 Å². The molecule has 0 amide bonds. The number of H-pyrrole nitrogens is 1. The monoisotopic (exact) mass is 581 g/mol. The first-order chi connectivity index (χ1) is 16.5. The molecule has 9 N–H and O–H groups in total. The molecule has 21 nitrogen and oxygen atoms in total. The molecule has 1 fully saturated rings. The van der Waals surface area contributed by atoms with Crippen LogP contribution in [0.4, 0.5) is 5.95 Å². The summed E-state index contributed by atoms with van der Waals surface area (Å²) < 4.78 is 51.7. The van der Waals surface area contributed by atoms with Crippen molar-refractivity contribution in [2.24, 2.45) is 0 Å². The van der Waals surface area contributed by atoms with Crippen LogP contribution >= 0.6 is 23.5 Å². The van der Waals surface area contributed by atoms with Gasteiger partial charge < -0.3 is 44.9 Å². The van der Waals surface area contributed by atoms with E-state index in [-0.39, 0.29) is 23.4 Å². The maximum Gasteiger partial charge on any atom is 0.490 e. The van der Waals surface area contributed by atoms with Gasteiger partial charge in [-0.05, 0) is 0 Å². The maximum atomic E-state index is 12.2. The molecule has 0 spiro atoms. The number of phosphoric acid groups is 3. The Hall–Kier alpha value is -1.93. The summed E-state index contributed by atoms with van der Waals surface area (Å²) in [5, 5.41) is 32.1. The van der Waals surface area contributed by atoms with Crippen LogP contribution in [0, 0.1) is 0 Å². The number of imidazole rings is 1. The van der Waals surface area contributed by atoms with Gasteiger partial charge in [-0.25, -0.2) is 18.7 Å². The first kappa shape index (κ1) is 28.6. The third-order valence-corrected chi connectivity index (χ3v) is 8.08. The van der Waals surface area contributed by atoms with Gasteiger partial charge in [0, 0.05) is 0 Å². The summed E-state index contributed by atoms with van der Waals surface area (Å²) in [6, 6.07) is 0. The third kappa shape index (κ3) is 6.88. The highest BCUT2D eigenvalue weighted by Crippen LogP contribution is 2.66. The Balaban J connectivity index is 1.76. The molecule has 36 heavy (non-hydrogen) atoms. The molecule has 2 aromatic rings. The number of ether oxygens (including phenoxy) is 1. The van der Waals surface area contributed by atoms with Crippen molar-refractivity contribution in [2.45, 2.75) is 30.8 Å². The number of carbonyl (C=O) groups is 1.